The molecule has 0 saturated heterocycles. The van der Waals surface area contributed by atoms with Crippen LogP contribution in [0.3, 0.4) is 0 Å². The van der Waals surface area contributed by atoms with Crippen molar-refractivity contribution in [1.82, 2.24) is 9.55 Å². The van der Waals surface area contributed by atoms with Crippen molar-refractivity contribution in [1.29, 1.82) is 0 Å². The second-order valence-electron chi connectivity index (χ2n) is 4.81. The van der Waals surface area contributed by atoms with Crippen LogP contribution in [0.5, 0.6) is 5.75 Å². The lowest BCUT2D eigenvalue weighted by atomic mass is 9.77. The first-order valence-electron chi connectivity index (χ1n) is 6.50. The summed E-state index contributed by atoms with van der Waals surface area (Å²) in [7, 11) is -0.0840. The molecule has 2 aromatic rings. The maximum Gasteiger partial charge on any atom is 0.488 e. The third-order valence-corrected chi connectivity index (χ3v) is 3.28. The van der Waals surface area contributed by atoms with Gasteiger partial charge >= 0.3 is 7.12 Å². The Bertz CT molecular complexity index is 713. The molecule has 21 heavy (non-hydrogen) atoms. The van der Waals surface area contributed by atoms with Gasteiger partial charge in [-0.2, -0.15) is 0 Å². The van der Waals surface area contributed by atoms with E-state index in [1.807, 2.05) is 0 Å². The molecule has 0 radical (unpaired) electrons. The van der Waals surface area contributed by atoms with Crippen molar-refractivity contribution in [2.45, 2.75) is 20.4 Å². The quantitative estimate of drug-likeness (QED) is 0.748. The fraction of sp³-hybridized carbons (Fsp3) is 0.286. The average Bonchev–Trinajstić information content (AvgIpc) is 2.42. The molecule has 1 aromatic carbocycles. The van der Waals surface area contributed by atoms with Gasteiger partial charge in [0.05, 0.1) is 13.7 Å². The lowest BCUT2D eigenvalue weighted by Crippen LogP contribution is -2.35. The van der Waals surface area contributed by atoms with E-state index in [0.29, 0.717) is 28.3 Å². The van der Waals surface area contributed by atoms with Crippen molar-refractivity contribution in [2.24, 2.45) is 0 Å². The molecule has 6 nitrogen and oxygen atoms in total. The Morgan fingerprint density at radius 3 is 2.57 bits per heavy atom. The van der Waals surface area contributed by atoms with Crippen molar-refractivity contribution >= 4 is 12.6 Å². The summed E-state index contributed by atoms with van der Waals surface area (Å²) in [6.45, 7) is 3.69. The summed E-state index contributed by atoms with van der Waals surface area (Å²) in [5, 5.41) is 18.9. The fourth-order valence-corrected chi connectivity index (χ4v) is 2.22. The number of aromatic nitrogens is 2. The summed E-state index contributed by atoms with van der Waals surface area (Å²) in [5.74, 6) is 1.15. The SMILES string of the molecule is COc1ccc(B(O)O)c(Cn2c(C)nc(C)cc2=O)c1. The summed E-state index contributed by atoms with van der Waals surface area (Å²) >= 11 is 0. The van der Waals surface area contributed by atoms with Gasteiger partial charge in [0.1, 0.15) is 11.6 Å². The smallest absolute Gasteiger partial charge is 0.488 e. The Balaban J connectivity index is 2.50. The molecule has 0 spiro atoms. The minimum Gasteiger partial charge on any atom is -0.497 e. The van der Waals surface area contributed by atoms with Crippen LogP contribution < -0.4 is 15.8 Å². The van der Waals surface area contributed by atoms with E-state index >= 15 is 0 Å². The Kier molecular flexibility index (Phi) is 4.45. The maximum atomic E-state index is 12.1. The maximum absolute atomic E-state index is 12.1. The molecule has 2 rings (SSSR count). The van der Waals surface area contributed by atoms with Gasteiger partial charge in [-0.1, -0.05) is 6.07 Å². The Morgan fingerprint density at radius 1 is 1.29 bits per heavy atom. The molecule has 0 aliphatic heterocycles. The summed E-state index contributed by atoms with van der Waals surface area (Å²) in [6, 6.07) is 6.34. The largest absolute Gasteiger partial charge is 0.497 e. The third-order valence-electron chi connectivity index (χ3n) is 3.28. The Hall–Kier alpha value is -2.12. The summed E-state index contributed by atoms with van der Waals surface area (Å²) < 4.78 is 6.62. The monoisotopic (exact) mass is 288 g/mol. The Labute approximate surface area is 122 Å². The molecule has 0 aliphatic rings. The number of hydrogen-bond donors (Lipinski definition) is 2. The van der Waals surface area contributed by atoms with Crippen LogP contribution in [0.4, 0.5) is 0 Å². The standard InChI is InChI=1S/C14H17BN2O4/c1-9-6-14(18)17(10(2)16-9)8-11-7-12(21-3)4-5-13(11)15(19)20/h4-7,19-20H,8H2,1-3H3. The van der Waals surface area contributed by atoms with Gasteiger partial charge in [0.15, 0.2) is 0 Å². The van der Waals surface area contributed by atoms with E-state index in [4.69, 9.17) is 4.74 Å². The highest BCUT2D eigenvalue weighted by atomic mass is 16.5. The predicted molar refractivity (Wildman–Crippen MR) is 79.9 cm³/mol. The minimum atomic E-state index is -1.61. The van der Waals surface area contributed by atoms with Crippen molar-refractivity contribution in [2.75, 3.05) is 7.11 Å². The minimum absolute atomic E-state index is 0.179. The van der Waals surface area contributed by atoms with Crippen molar-refractivity contribution < 1.29 is 14.8 Å². The van der Waals surface area contributed by atoms with Gasteiger partial charge in [-0.3, -0.25) is 9.36 Å². The van der Waals surface area contributed by atoms with E-state index in [2.05, 4.69) is 4.98 Å². The van der Waals surface area contributed by atoms with Crippen LogP contribution in [0.1, 0.15) is 17.1 Å². The summed E-state index contributed by atoms with van der Waals surface area (Å²) in [6.07, 6.45) is 0. The first-order valence-corrected chi connectivity index (χ1v) is 6.50. The normalized spacial score (nSPS) is 10.5. The molecular weight excluding hydrogens is 271 g/mol. The van der Waals surface area contributed by atoms with Gasteiger partial charge < -0.3 is 14.8 Å². The third kappa shape index (κ3) is 3.32. The first-order chi connectivity index (χ1) is 9.92. The Morgan fingerprint density at radius 2 is 2.00 bits per heavy atom. The highest BCUT2D eigenvalue weighted by molar-refractivity contribution is 6.59. The zero-order valence-corrected chi connectivity index (χ0v) is 12.2. The lowest BCUT2D eigenvalue weighted by molar-refractivity contribution is 0.413. The molecule has 110 valence electrons. The van der Waals surface area contributed by atoms with Gasteiger partial charge in [0.2, 0.25) is 0 Å². The molecular formula is C14H17BN2O4. The first kappa shape index (κ1) is 15.3. The van der Waals surface area contributed by atoms with Gasteiger partial charge in [0, 0.05) is 11.8 Å². The number of hydrogen-bond acceptors (Lipinski definition) is 5. The molecule has 0 atom stereocenters. The fourth-order valence-electron chi connectivity index (χ4n) is 2.22. The van der Waals surface area contributed by atoms with Crippen LogP contribution in [0, 0.1) is 13.8 Å². The van der Waals surface area contributed by atoms with Crippen molar-refractivity contribution in [3.8, 4) is 5.75 Å². The van der Waals surface area contributed by atoms with Crippen molar-refractivity contribution in [3.05, 3.63) is 51.7 Å². The number of nitrogens with zero attached hydrogens (tertiary/aromatic N) is 2. The predicted octanol–water partition coefficient (Wildman–Crippen LogP) is -0.403. The number of benzene rings is 1. The van der Waals surface area contributed by atoms with E-state index in [9.17, 15) is 14.8 Å². The molecule has 2 N–H and O–H groups in total. The number of ether oxygens (including phenoxy) is 1. The van der Waals surface area contributed by atoms with Gasteiger partial charge in [-0.15, -0.1) is 0 Å². The van der Waals surface area contributed by atoms with E-state index < -0.39 is 7.12 Å². The zero-order chi connectivity index (χ0) is 15.6. The van der Waals surface area contributed by atoms with Gasteiger partial charge in [-0.25, -0.2) is 4.98 Å². The molecule has 1 heterocycles. The summed E-state index contributed by atoms with van der Waals surface area (Å²) in [4.78, 5) is 16.3. The van der Waals surface area contributed by atoms with E-state index in [1.54, 1.807) is 32.0 Å². The van der Waals surface area contributed by atoms with Gasteiger partial charge in [0.25, 0.3) is 5.56 Å². The van der Waals surface area contributed by atoms with Crippen LogP contribution in [0.2, 0.25) is 0 Å². The van der Waals surface area contributed by atoms with E-state index in [1.165, 1.54) is 17.7 Å². The van der Waals surface area contributed by atoms with Crippen LogP contribution >= 0.6 is 0 Å². The van der Waals surface area contributed by atoms with Crippen LogP contribution in [0.25, 0.3) is 0 Å². The summed E-state index contributed by atoms with van der Waals surface area (Å²) in [5.41, 5.74) is 1.41. The van der Waals surface area contributed by atoms with E-state index in [0.717, 1.165) is 0 Å². The lowest BCUT2D eigenvalue weighted by Gasteiger charge is -2.14. The molecule has 7 heteroatoms. The van der Waals surface area contributed by atoms with Crippen LogP contribution in [-0.2, 0) is 6.54 Å². The number of methoxy groups -OCH3 is 1. The van der Waals surface area contributed by atoms with Gasteiger partial charge in [-0.05, 0) is 37.0 Å². The second kappa shape index (κ2) is 6.11. The topological polar surface area (TPSA) is 84.6 Å². The van der Waals surface area contributed by atoms with E-state index in [-0.39, 0.29) is 12.1 Å². The van der Waals surface area contributed by atoms with Crippen LogP contribution in [0.15, 0.2) is 29.1 Å². The van der Waals surface area contributed by atoms with Crippen molar-refractivity contribution in [3.63, 3.8) is 0 Å². The molecule has 0 amide bonds. The number of aryl methyl sites for hydroxylation is 2. The molecule has 0 unspecified atom stereocenters. The molecule has 1 aromatic heterocycles. The average molecular weight is 288 g/mol. The zero-order valence-electron chi connectivity index (χ0n) is 12.2. The molecule has 0 fully saturated rings. The van der Waals surface area contributed by atoms with Crippen LogP contribution in [-0.4, -0.2) is 33.8 Å². The molecule has 0 aliphatic carbocycles. The molecule has 0 bridgehead atoms. The second-order valence-corrected chi connectivity index (χ2v) is 4.81. The highest BCUT2D eigenvalue weighted by Gasteiger charge is 2.17. The highest BCUT2D eigenvalue weighted by Crippen LogP contribution is 2.12. The number of rotatable bonds is 4. The molecule has 0 saturated carbocycles.